The van der Waals surface area contributed by atoms with Crippen LogP contribution in [0, 0.1) is 5.82 Å². The third-order valence-electron chi connectivity index (χ3n) is 1.48. The van der Waals surface area contributed by atoms with Gasteiger partial charge in [0.25, 0.3) is 0 Å². The fourth-order valence-electron chi connectivity index (χ4n) is 0.856. The quantitative estimate of drug-likeness (QED) is 0.731. The van der Waals surface area contributed by atoms with Crippen molar-refractivity contribution in [2.75, 3.05) is 5.75 Å². The zero-order valence-corrected chi connectivity index (χ0v) is 7.18. The van der Waals surface area contributed by atoms with Gasteiger partial charge in [0.1, 0.15) is 5.82 Å². The maximum atomic E-state index is 12.4. The van der Waals surface area contributed by atoms with Crippen LogP contribution in [0.2, 0.25) is 0 Å². The van der Waals surface area contributed by atoms with Crippen LogP contribution in [0.25, 0.3) is 0 Å². The molecule has 1 aromatic carbocycles. The van der Waals surface area contributed by atoms with Gasteiger partial charge in [-0.3, -0.25) is 0 Å². The summed E-state index contributed by atoms with van der Waals surface area (Å²) in [6.45, 7) is 0. The Morgan fingerprint density at radius 2 is 1.92 bits per heavy atom. The second kappa shape index (κ2) is 4.33. The van der Waals surface area contributed by atoms with E-state index in [2.05, 4.69) is 0 Å². The predicted molar refractivity (Wildman–Crippen MR) is 45.7 cm³/mol. The molecule has 1 N–H and O–H groups in total. The zero-order valence-electron chi connectivity index (χ0n) is 6.37. The number of hydrogen-bond donors (Lipinski definition) is 1. The molecule has 0 heterocycles. The number of hydrogen-bond acceptors (Lipinski definition) is 1. The molecule has 1 atom stereocenters. The molecule has 4 heteroatoms. The van der Waals surface area contributed by atoms with E-state index in [1.165, 1.54) is 12.1 Å². The van der Waals surface area contributed by atoms with E-state index in [0.717, 1.165) is 5.56 Å². The zero-order chi connectivity index (χ0) is 8.97. The molecule has 0 saturated carbocycles. The minimum Gasteiger partial charge on any atom is -0.306 e. The molecular formula is C8H9FO2S. The van der Waals surface area contributed by atoms with Gasteiger partial charge in [-0.15, -0.1) is 0 Å². The maximum Gasteiger partial charge on any atom is 0.153 e. The first-order valence-electron chi connectivity index (χ1n) is 3.50. The molecule has 0 spiro atoms. The summed E-state index contributed by atoms with van der Waals surface area (Å²) in [5, 5.41) is 0. The van der Waals surface area contributed by atoms with Gasteiger partial charge >= 0.3 is 0 Å². The van der Waals surface area contributed by atoms with E-state index in [0.29, 0.717) is 6.42 Å². The van der Waals surface area contributed by atoms with Crippen LogP contribution in [0.4, 0.5) is 4.39 Å². The lowest BCUT2D eigenvalue weighted by molar-refractivity contribution is 0.563. The third kappa shape index (κ3) is 3.11. The molecule has 0 aliphatic heterocycles. The lowest BCUT2D eigenvalue weighted by atomic mass is 10.2. The molecule has 66 valence electrons. The maximum absolute atomic E-state index is 12.4. The Balaban J connectivity index is 2.53. The molecule has 0 bridgehead atoms. The van der Waals surface area contributed by atoms with Crippen LogP contribution < -0.4 is 0 Å². The summed E-state index contributed by atoms with van der Waals surface area (Å²) in [6, 6.07) is 5.91. The molecule has 0 saturated heterocycles. The molecule has 0 aliphatic carbocycles. The van der Waals surface area contributed by atoms with Gasteiger partial charge in [0, 0.05) is 0 Å². The minimum atomic E-state index is -1.77. The number of benzene rings is 1. The van der Waals surface area contributed by atoms with E-state index < -0.39 is 11.1 Å². The average Bonchev–Trinajstić information content (AvgIpc) is 2.03. The summed E-state index contributed by atoms with van der Waals surface area (Å²) < 4.78 is 31.1. The van der Waals surface area contributed by atoms with E-state index in [1.807, 2.05) is 0 Å². The highest BCUT2D eigenvalue weighted by Gasteiger charge is 1.96. The lowest BCUT2D eigenvalue weighted by Crippen LogP contribution is -1.98. The van der Waals surface area contributed by atoms with Gasteiger partial charge in [-0.25, -0.2) is 8.60 Å². The highest BCUT2D eigenvalue weighted by atomic mass is 32.2. The summed E-state index contributed by atoms with van der Waals surface area (Å²) in [4.78, 5) is 0. The van der Waals surface area contributed by atoms with E-state index in [9.17, 15) is 8.60 Å². The smallest absolute Gasteiger partial charge is 0.153 e. The van der Waals surface area contributed by atoms with Crippen LogP contribution in [0.15, 0.2) is 24.3 Å². The molecule has 2 nitrogen and oxygen atoms in total. The van der Waals surface area contributed by atoms with Crippen molar-refractivity contribution >= 4 is 11.1 Å². The van der Waals surface area contributed by atoms with Crippen molar-refractivity contribution in [2.24, 2.45) is 0 Å². The first-order chi connectivity index (χ1) is 5.68. The number of halogens is 1. The molecule has 1 aromatic rings. The van der Waals surface area contributed by atoms with Crippen LogP contribution in [0.1, 0.15) is 5.56 Å². The molecule has 0 radical (unpaired) electrons. The summed E-state index contributed by atoms with van der Waals surface area (Å²) >= 11 is -1.77. The van der Waals surface area contributed by atoms with Crippen LogP contribution in [-0.2, 0) is 17.5 Å². The highest BCUT2D eigenvalue weighted by molar-refractivity contribution is 7.79. The Hall–Kier alpha value is -0.740. The first-order valence-corrected chi connectivity index (χ1v) is 4.78. The first kappa shape index (κ1) is 9.35. The summed E-state index contributed by atoms with van der Waals surface area (Å²) in [6.07, 6.45) is 0.503. The molecule has 1 unspecified atom stereocenters. The normalized spacial score (nSPS) is 12.8. The van der Waals surface area contributed by atoms with Gasteiger partial charge in [-0.2, -0.15) is 0 Å². The van der Waals surface area contributed by atoms with Gasteiger partial charge < -0.3 is 4.55 Å². The van der Waals surface area contributed by atoms with Gasteiger partial charge in [0.2, 0.25) is 0 Å². The van der Waals surface area contributed by atoms with Crippen molar-refractivity contribution < 1.29 is 13.2 Å². The molecular weight excluding hydrogens is 179 g/mol. The fourth-order valence-corrected chi connectivity index (χ4v) is 1.27. The van der Waals surface area contributed by atoms with E-state index in [1.54, 1.807) is 12.1 Å². The third-order valence-corrected chi connectivity index (χ3v) is 2.03. The topological polar surface area (TPSA) is 37.3 Å². The van der Waals surface area contributed by atoms with Crippen molar-refractivity contribution in [2.45, 2.75) is 6.42 Å². The molecule has 0 aliphatic rings. The average molecular weight is 188 g/mol. The predicted octanol–water partition coefficient (Wildman–Crippen LogP) is 1.59. The van der Waals surface area contributed by atoms with E-state index in [-0.39, 0.29) is 11.6 Å². The van der Waals surface area contributed by atoms with Crippen LogP contribution in [0.3, 0.4) is 0 Å². The Morgan fingerprint density at radius 1 is 1.33 bits per heavy atom. The standard InChI is InChI=1S/C8H9FO2S/c9-8-3-1-7(2-4-8)5-6-12(10)11/h1-4H,5-6H2,(H,10,11). The lowest BCUT2D eigenvalue weighted by Gasteiger charge is -1.97. The molecule has 12 heavy (non-hydrogen) atoms. The summed E-state index contributed by atoms with van der Waals surface area (Å²) in [5.41, 5.74) is 0.874. The largest absolute Gasteiger partial charge is 0.306 e. The number of rotatable bonds is 3. The second-order valence-electron chi connectivity index (χ2n) is 2.40. The van der Waals surface area contributed by atoms with E-state index >= 15 is 0 Å². The monoisotopic (exact) mass is 188 g/mol. The minimum absolute atomic E-state index is 0.200. The van der Waals surface area contributed by atoms with Gasteiger partial charge in [0.15, 0.2) is 11.1 Å². The van der Waals surface area contributed by atoms with Crippen molar-refractivity contribution in [3.8, 4) is 0 Å². The Bertz CT molecular complexity index is 271. The van der Waals surface area contributed by atoms with Crippen molar-refractivity contribution in [3.05, 3.63) is 35.6 Å². The molecule has 1 rings (SSSR count). The SMILES string of the molecule is O=S(O)CCc1ccc(F)cc1. The Kier molecular flexibility index (Phi) is 3.37. The van der Waals surface area contributed by atoms with Crippen molar-refractivity contribution in [3.63, 3.8) is 0 Å². The molecule has 0 amide bonds. The highest BCUT2D eigenvalue weighted by Crippen LogP contribution is 2.03. The van der Waals surface area contributed by atoms with Gasteiger partial charge in [-0.1, -0.05) is 12.1 Å². The van der Waals surface area contributed by atoms with Crippen molar-refractivity contribution in [1.29, 1.82) is 0 Å². The number of aryl methyl sites for hydroxylation is 1. The Morgan fingerprint density at radius 3 is 2.42 bits per heavy atom. The van der Waals surface area contributed by atoms with Gasteiger partial charge in [-0.05, 0) is 24.1 Å². The summed E-state index contributed by atoms with van der Waals surface area (Å²) in [5.74, 6) is -0.0881. The molecule has 0 fully saturated rings. The van der Waals surface area contributed by atoms with Crippen LogP contribution >= 0.6 is 0 Å². The Labute approximate surface area is 72.7 Å². The second-order valence-corrected chi connectivity index (χ2v) is 3.45. The van der Waals surface area contributed by atoms with E-state index in [4.69, 9.17) is 4.55 Å². The molecule has 0 aromatic heterocycles. The fraction of sp³-hybridized carbons (Fsp3) is 0.250. The van der Waals surface area contributed by atoms with Crippen LogP contribution in [-0.4, -0.2) is 14.5 Å². The van der Waals surface area contributed by atoms with Crippen LogP contribution in [0.5, 0.6) is 0 Å². The van der Waals surface area contributed by atoms with Gasteiger partial charge in [0.05, 0.1) is 5.75 Å². The summed E-state index contributed by atoms with van der Waals surface area (Å²) in [7, 11) is 0. The van der Waals surface area contributed by atoms with Crippen molar-refractivity contribution in [1.82, 2.24) is 0 Å².